The Bertz CT molecular complexity index is 440. The highest BCUT2D eigenvalue weighted by molar-refractivity contribution is 7.80. The van der Waals surface area contributed by atoms with Gasteiger partial charge < -0.3 is 4.74 Å². The van der Waals surface area contributed by atoms with Crippen LogP contribution >= 0.6 is 12.2 Å². The van der Waals surface area contributed by atoms with Gasteiger partial charge in [-0.3, -0.25) is 0 Å². The zero-order chi connectivity index (χ0) is 9.71. The molecule has 3 aliphatic rings. The van der Waals surface area contributed by atoms with Crippen molar-refractivity contribution >= 4 is 23.1 Å². The number of allylic oxidation sites excluding steroid dienone is 2. The normalized spacial score (nSPS) is 28.9. The molecular formula is C11H8O2S. The summed E-state index contributed by atoms with van der Waals surface area (Å²) >= 11 is 5.29. The summed E-state index contributed by atoms with van der Waals surface area (Å²) in [5.74, 6) is -0.228. The largest absolute Gasteiger partial charge is 0.454 e. The molecule has 3 heteroatoms. The fourth-order valence-electron chi connectivity index (χ4n) is 2.23. The molecule has 0 fully saturated rings. The van der Waals surface area contributed by atoms with Gasteiger partial charge in [-0.15, -0.1) is 0 Å². The van der Waals surface area contributed by atoms with Crippen LogP contribution in [-0.2, 0) is 9.53 Å². The van der Waals surface area contributed by atoms with E-state index >= 15 is 0 Å². The molecule has 0 aromatic heterocycles. The van der Waals surface area contributed by atoms with Gasteiger partial charge in [0.1, 0.15) is 6.10 Å². The Labute approximate surface area is 86.9 Å². The first-order valence-corrected chi connectivity index (χ1v) is 5.02. The Morgan fingerprint density at radius 3 is 3.21 bits per heavy atom. The second-order valence-corrected chi connectivity index (χ2v) is 4.15. The molecular weight excluding hydrogens is 196 g/mol. The molecule has 2 nitrogen and oxygen atoms in total. The molecule has 2 aliphatic carbocycles. The predicted octanol–water partition coefficient (Wildman–Crippen LogP) is 1.87. The summed E-state index contributed by atoms with van der Waals surface area (Å²) in [4.78, 5) is 12.0. The molecule has 0 radical (unpaired) electrons. The molecule has 1 aliphatic heterocycles. The predicted molar refractivity (Wildman–Crippen MR) is 56.0 cm³/mol. The molecule has 3 rings (SSSR count). The average molecular weight is 204 g/mol. The van der Waals surface area contributed by atoms with E-state index in [0.717, 1.165) is 28.9 Å². The molecule has 0 N–H and O–H groups in total. The van der Waals surface area contributed by atoms with Gasteiger partial charge in [-0.05, 0) is 11.1 Å². The van der Waals surface area contributed by atoms with E-state index in [1.165, 1.54) is 5.57 Å². The second-order valence-electron chi connectivity index (χ2n) is 3.66. The van der Waals surface area contributed by atoms with Crippen molar-refractivity contribution in [2.45, 2.75) is 18.9 Å². The van der Waals surface area contributed by atoms with Gasteiger partial charge in [-0.1, -0.05) is 24.4 Å². The van der Waals surface area contributed by atoms with Crippen molar-refractivity contribution in [2.75, 3.05) is 0 Å². The smallest absolute Gasteiger partial charge is 0.331 e. The van der Waals surface area contributed by atoms with Gasteiger partial charge in [-0.25, -0.2) is 4.79 Å². The van der Waals surface area contributed by atoms with Crippen LogP contribution in [0.1, 0.15) is 12.8 Å². The molecule has 70 valence electrons. The number of hydrogen-bond acceptors (Lipinski definition) is 3. The number of rotatable bonds is 0. The van der Waals surface area contributed by atoms with Crippen LogP contribution < -0.4 is 0 Å². The highest BCUT2D eigenvalue weighted by atomic mass is 32.1. The second kappa shape index (κ2) is 2.64. The van der Waals surface area contributed by atoms with E-state index in [0.29, 0.717) is 0 Å². The average Bonchev–Trinajstić information content (AvgIpc) is 2.60. The molecule has 0 spiro atoms. The summed E-state index contributed by atoms with van der Waals surface area (Å²) in [7, 11) is 0. The molecule has 0 amide bonds. The third-order valence-electron chi connectivity index (χ3n) is 2.79. The highest BCUT2D eigenvalue weighted by Crippen LogP contribution is 2.40. The first-order valence-electron chi connectivity index (χ1n) is 4.61. The van der Waals surface area contributed by atoms with Crippen molar-refractivity contribution in [3.8, 4) is 0 Å². The van der Waals surface area contributed by atoms with Crippen LogP contribution in [0.2, 0.25) is 0 Å². The van der Waals surface area contributed by atoms with Crippen LogP contribution in [-0.4, -0.2) is 16.9 Å². The van der Waals surface area contributed by atoms with Crippen LogP contribution in [0.4, 0.5) is 0 Å². The topological polar surface area (TPSA) is 26.3 Å². The van der Waals surface area contributed by atoms with E-state index in [2.05, 4.69) is 12.2 Å². The summed E-state index contributed by atoms with van der Waals surface area (Å²) in [5, 5.41) is 0. The van der Waals surface area contributed by atoms with E-state index in [1.54, 1.807) is 6.08 Å². The van der Waals surface area contributed by atoms with Crippen LogP contribution in [0, 0.1) is 0 Å². The minimum atomic E-state index is -0.228. The summed E-state index contributed by atoms with van der Waals surface area (Å²) in [6, 6.07) is 0. The van der Waals surface area contributed by atoms with Gasteiger partial charge in [0.2, 0.25) is 0 Å². The molecule has 1 unspecified atom stereocenters. The first kappa shape index (κ1) is 8.12. The lowest BCUT2D eigenvalue weighted by Crippen LogP contribution is -2.08. The zero-order valence-electron chi connectivity index (χ0n) is 7.45. The van der Waals surface area contributed by atoms with E-state index < -0.39 is 0 Å². The summed E-state index contributed by atoms with van der Waals surface area (Å²) in [6.07, 6.45) is 7.30. The molecule has 0 saturated carbocycles. The van der Waals surface area contributed by atoms with E-state index in [9.17, 15) is 4.79 Å². The maximum absolute atomic E-state index is 11.1. The third kappa shape index (κ3) is 0.960. The monoisotopic (exact) mass is 204 g/mol. The maximum Gasteiger partial charge on any atom is 0.331 e. The van der Waals surface area contributed by atoms with Gasteiger partial charge in [0.15, 0.2) is 0 Å². The molecule has 0 aromatic rings. The van der Waals surface area contributed by atoms with Gasteiger partial charge in [0, 0.05) is 29.4 Å². The van der Waals surface area contributed by atoms with Gasteiger partial charge in [-0.2, -0.15) is 0 Å². The summed E-state index contributed by atoms with van der Waals surface area (Å²) < 4.78 is 5.16. The van der Waals surface area contributed by atoms with Crippen molar-refractivity contribution < 1.29 is 9.53 Å². The minimum Gasteiger partial charge on any atom is -0.454 e. The van der Waals surface area contributed by atoms with Gasteiger partial charge >= 0.3 is 5.97 Å². The van der Waals surface area contributed by atoms with Crippen molar-refractivity contribution in [1.29, 1.82) is 0 Å². The van der Waals surface area contributed by atoms with E-state index in [1.807, 2.05) is 0 Å². The molecule has 0 saturated heterocycles. The minimum absolute atomic E-state index is 0.0619. The molecule has 0 aromatic carbocycles. The maximum atomic E-state index is 11.1. The highest BCUT2D eigenvalue weighted by Gasteiger charge is 2.37. The standard InChI is InChI=1S/C11H8O2S/c12-10-5-7-8(13-10)4-6-2-1-3-9(14)11(6)7/h1-2,5,8H,3-4H2. The molecule has 1 heterocycles. The fraction of sp³-hybridized carbons (Fsp3) is 0.273. The van der Waals surface area contributed by atoms with Crippen molar-refractivity contribution in [3.05, 3.63) is 34.9 Å². The lowest BCUT2D eigenvalue weighted by atomic mass is 9.97. The van der Waals surface area contributed by atoms with Crippen LogP contribution in [0.15, 0.2) is 34.9 Å². The first-order chi connectivity index (χ1) is 6.75. The van der Waals surface area contributed by atoms with Gasteiger partial charge in [0.25, 0.3) is 0 Å². The Morgan fingerprint density at radius 2 is 2.36 bits per heavy atom. The summed E-state index contributed by atoms with van der Waals surface area (Å²) in [6.45, 7) is 0. The van der Waals surface area contributed by atoms with Gasteiger partial charge in [0.05, 0.1) is 0 Å². The third-order valence-corrected chi connectivity index (χ3v) is 3.17. The number of ether oxygens (including phenoxy) is 1. The Balaban J connectivity index is 2.13. The zero-order valence-corrected chi connectivity index (χ0v) is 8.26. The molecule has 0 bridgehead atoms. The fourth-order valence-corrected chi connectivity index (χ4v) is 2.58. The lowest BCUT2D eigenvalue weighted by molar-refractivity contribution is -0.138. The van der Waals surface area contributed by atoms with Crippen LogP contribution in [0.3, 0.4) is 0 Å². The van der Waals surface area contributed by atoms with Crippen molar-refractivity contribution in [2.24, 2.45) is 0 Å². The van der Waals surface area contributed by atoms with Crippen molar-refractivity contribution in [1.82, 2.24) is 0 Å². The number of carbonyl (C=O) groups is 1. The number of thiocarbonyl (C=S) groups is 1. The Kier molecular flexibility index (Phi) is 1.53. The van der Waals surface area contributed by atoms with Crippen LogP contribution in [0.5, 0.6) is 0 Å². The quantitative estimate of drug-likeness (QED) is 0.445. The SMILES string of the molecule is O=C1C=C2C3=C(C=CCC3=S)CC2O1. The molecule has 1 atom stereocenters. The number of esters is 1. The van der Waals surface area contributed by atoms with Crippen molar-refractivity contribution in [3.63, 3.8) is 0 Å². The number of hydrogen-bond donors (Lipinski definition) is 0. The van der Waals surface area contributed by atoms with E-state index in [-0.39, 0.29) is 12.1 Å². The number of fused-ring (bicyclic) bond motifs is 2. The summed E-state index contributed by atoms with van der Waals surface area (Å²) in [5.41, 5.74) is 3.32. The number of carbonyl (C=O) groups excluding carboxylic acids is 1. The molecule has 14 heavy (non-hydrogen) atoms. The van der Waals surface area contributed by atoms with E-state index in [4.69, 9.17) is 17.0 Å². The Hall–Kier alpha value is -1.22. The van der Waals surface area contributed by atoms with Crippen LogP contribution in [0.25, 0.3) is 0 Å². The Morgan fingerprint density at radius 1 is 1.50 bits per heavy atom. The lowest BCUT2D eigenvalue weighted by Gasteiger charge is -2.09.